The Hall–Kier alpha value is -3.75. The molecule has 1 heterocycles. The second-order valence-electron chi connectivity index (χ2n) is 6.33. The smallest absolute Gasteiger partial charge is 0.420 e. The van der Waals surface area contributed by atoms with Gasteiger partial charge in [-0.25, -0.2) is 0 Å². The van der Waals surface area contributed by atoms with Gasteiger partial charge in [-0.1, -0.05) is 18.2 Å². The first-order valence-corrected chi connectivity index (χ1v) is 8.85. The minimum Gasteiger partial charge on any atom is -0.496 e. The minimum absolute atomic E-state index is 0.0106. The summed E-state index contributed by atoms with van der Waals surface area (Å²) < 4.78 is 44.4. The van der Waals surface area contributed by atoms with Crippen molar-refractivity contribution >= 4 is 17.3 Å². The third-order valence-corrected chi connectivity index (χ3v) is 4.27. The van der Waals surface area contributed by atoms with Gasteiger partial charge in [0, 0.05) is 30.2 Å². The number of ether oxygens (including phenoxy) is 1. The minimum atomic E-state index is -4.62. The van der Waals surface area contributed by atoms with Crippen LogP contribution in [0.15, 0.2) is 65.6 Å². The molecule has 9 heteroatoms. The Bertz CT molecular complexity index is 1090. The number of alkyl halides is 3. The van der Waals surface area contributed by atoms with Gasteiger partial charge in [0.25, 0.3) is 5.91 Å². The first-order chi connectivity index (χ1) is 14.3. The van der Waals surface area contributed by atoms with Crippen LogP contribution in [0.2, 0.25) is 0 Å². The summed E-state index contributed by atoms with van der Waals surface area (Å²) in [6.45, 7) is 0.335. The summed E-state index contributed by atoms with van der Waals surface area (Å²) in [5.74, 6) is -0.902. The molecule has 3 aromatic rings. The van der Waals surface area contributed by atoms with Gasteiger partial charge in [0.2, 0.25) is 5.56 Å². The zero-order chi connectivity index (χ0) is 21.7. The summed E-state index contributed by atoms with van der Waals surface area (Å²) in [4.78, 5) is 26.4. The number of hydrogen-bond donors (Lipinski definition) is 3. The van der Waals surface area contributed by atoms with Crippen LogP contribution in [0.25, 0.3) is 0 Å². The average molecular weight is 417 g/mol. The van der Waals surface area contributed by atoms with Gasteiger partial charge in [0.1, 0.15) is 5.75 Å². The lowest BCUT2D eigenvalue weighted by Gasteiger charge is -2.15. The standard InChI is InChI=1S/C21H18F3N3O3/c1-30-18-8-7-14(10-16(18)21(22,23)24)27-20(29)15-4-2-3-5-17(15)25-11-13-6-9-19(28)26-12-13/h2-10,12,25H,11H2,1H3,(H,26,28)(H,27,29). The van der Waals surface area contributed by atoms with Crippen LogP contribution in [0.3, 0.4) is 0 Å². The van der Waals surface area contributed by atoms with Gasteiger partial charge in [-0.05, 0) is 35.9 Å². The first-order valence-electron chi connectivity index (χ1n) is 8.85. The molecule has 1 aromatic heterocycles. The number of carbonyl (C=O) groups excluding carboxylic acids is 1. The maximum absolute atomic E-state index is 13.2. The highest BCUT2D eigenvalue weighted by Gasteiger charge is 2.34. The summed E-state index contributed by atoms with van der Waals surface area (Å²) in [5, 5.41) is 5.57. The molecular weight excluding hydrogens is 399 g/mol. The molecule has 0 aliphatic heterocycles. The fourth-order valence-corrected chi connectivity index (χ4v) is 2.79. The Kier molecular flexibility index (Phi) is 6.10. The molecule has 0 saturated heterocycles. The molecule has 0 saturated carbocycles. The van der Waals surface area contributed by atoms with Gasteiger partial charge in [0.05, 0.1) is 18.2 Å². The van der Waals surface area contributed by atoms with Gasteiger partial charge >= 0.3 is 6.18 Å². The van der Waals surface area contributed by atoms with Gasteiger partial charge < -0.3 is 20.4 Å². The molecule has 0 radical (unpaired) electrons. The molecule has 0 atom stereocenters. The molecule has 0 unspecified atom stereocenters. The number of hydrogen-bond acceptors (Lipinski definition) is 4. The number of amides is 1. The van der Waals surface area contributed by atoms with Gasteiger partial charge in [-0.3, -0.25) is 9.59 Å². The van der Waals surface area contributed by atoms with Crippen molar-refractivity contribution in [2.45, 2.75) is 12.7 Å². The monoisotopic (exact) mass is 417 g/mol. The number of halogens is 3. The van der Waals surface area contributed by atoms with Crippen molar-refractivity contribution in [2.24, 2.45) is 0 Å². The molecule has 2 aromatic carbocycles. The van der Waals surface area contributed by atoms with Crippen LogP contribution in [0.1, 0.15) is 21.5 Å². The van der Waals surface area contributed by atoms with Crippen LogP contribution < -0.4 is 20.9 Å². The van der Waals surface area contributed by atoms with Crippen LogP contribution in [0.4, 0.5) is 24.5 Å². The second-order valence-corrected chi connectivity index (χ2v) is 6.33. The number of anilines is 2. The molecule has 3 N–H and O–H groups in total. The third kappa shape index (κ3) is 4.99. The number of methoxy groups -OCH3 is 1. The van der Waals surface area contributed by atoms with E-state index in [-0.39, 0.29) is 22.6 Å². The number of pyridine rings is 1. The molecule has 0 bridgehead atoms. The quantitative estimate of drug-likeness (QED) is 0.560. The van der Waals surface area contributed by atoms with E-state index in [1.807, 2.05) is 0 Å². The number of aromatic amines is 1. The number of benzene rings is 2. The average Bonchev–Trinajstić information content (AvgIpc) is 2.73. The van der Waals surface area contributed by atoms with Crippen LogP contribution in [0, 0.1) is 0 Å². The normalized spacial score (nSPS) is 11.1. The zero-order valence-corrected chi connectivity index (χ0v) is 15.8. The third-order valence-electron chi connectivity index (χ3n) is 4.27. The molecule has 0 fully saturated rings. The van der Waals surface area contributed by atoms with Gasteiger partial charge in [-0.2, -0.15) is 13.2 Å². The molecule has 6 nitrogen and oxygen atoms in total. The lowest BCUT2D eigenvalue weighted by molar-refractivity contribution is -0.138. The second kappa shape index (κ2) is 8.73. The van der Waals surface area contributed by atoms with Crippen molar-refractivity contribution in [2.75, 3.05) is 17.7 Å². The van der Waals surface area contributed by atoms with E-state index in [1.165, 1.54) is 12.1 Å². The molecule has 1 amide bonds. The summed E-state index contributed by atoms with van der Waals surface area (Å²) in [7, 11) is 1.15. The van der Waals surface area contributed by atoms with Crippen LogP contribution in [-0.4, -0.2) is 18.0 Å². The van der Waals surface area contributed by atoms with Gasteiger partial charge in [-0.15, -0.1) is 0 Å². The van der Waals surface area contributed by atoms with E-state index in [0.717, 1.165) is 24.8 Å². The molecule has 0 spiro atoms. The molecule has 0 aliphatic rings. The maximum atomic E-state index is 13.2. The van der Waals surface area contributed by atoms with Crippen molar-refractivity contribution < 1.29 is 22.7 Å². The number of para-hydroxylation sites is 1. The lowest BCUT2D eigenvalue weighted by Crippen LogP contribution is -2.16. The first kappa shape index (κ1) is 21.0. The number of aromatic nitrogens is 1. The molecule has 3 rings (SSSR count). The Morgan fingerprint density at radius 2 is 1.87 bits per heavy atom. The van der Waals surface area contributed by atoms with Crippen LogP contribution in [-0.2, 0) is 12.7 Å². The Morgan fingerprint density at radius 3 is 2.53 bits per heavy atom. The van der Waals surface area contributed by atoms with Crippen LogP contribution >= 0.6 is 0 Å². The van der Waals surface area contributed by atoms with E-state index < -0.39 is 17.6 Å². The van der Waals surface area contributed by atoms with E-state index in [1.54, 1.807) is 36.5 Å². The van der Waals surface area contributed by atoms with E-state index in [0.29, 0.717) is 12.2 Å². The number of H-pyrrole nitrogens is 1. The SMILES string of the molecule is COc1ccc(NC(=O)c2ccccc2NCc2ccc(=O)[nH]c2)cc1C(F)(F)F. The Morgan fingerprint density at radius 1 is 1.10 bits per heavy atom. The predicted octanol–water partition coefficient (Wildman–Crippen LogP) is 4.27. The largest absolute Gasteiger partial charge is 0.496 e. The van der Waals surface area contributed by atoms with Gasteiger partial charge in [0.15, 0.2) is 0 Å². The topological polar surface area (TPSA) is 83.2 Å². The summed E-state index contributed by atoms with van der Waals surface area (Å²) in [6, 6.07) is 12.9. The predicted molar refractivity (Wildman–Crippen MR) is 107 cm³/mol. The fourth-order valence-electron chi connectivity index (χ4n) is 2.79. The van der Waals surface area contributed by atoms with Crippen molar-refractivity contribution in [1.29, 1.82) is 0 Å². The van der Waals surface area contributed by atoms with Crippen molar-refractivity contribution in [1.82, 2.24) is 4.98 Å². The fraction of sp³-hybridized carbons (Fsp3) is 0.143. The molecular formula is C21H18F3N3O3. The highest BCUT2D eigenvalue weighted by atomic mass is 19.4. The van der Waals surface area contributed by atoms with E-state index in [4.69, 9.17) is 4.74 Å². The highest BCUT2D eigenvalue weighted by Crippen LogP contribution is 2.37. The molecule has 30 heavy (non-hydrogen) atoms. The maximum Gasteiger partial charge on any atom is 0.420 e. The van der Waals surface area contributed by atoms with Crippen molar-refractivity contribution in [3.05, 3.63) is 87.8 Å². The number of rotatable bonds is 6. The Labute approximate surface area is 169 Å². The number of nitrogens with one attached hydrogen (secondary N) is 3. The highest BCUT2D eigenvalue weighted by molar-refractivity contribution is 6.08. The number of carbonyl (C=O) groups is 1. The molecule has 156 valence electrons. The van der Waals surface area contributed by atoms with E-state index in [2.05, 4.69) is 15.6 Å². The van der Waals surface area contributed by atoms with Crippen molar-refractivity contribution in [3.8, 4) is 5.75 Å². The molecule has 0 aliphatic carbocycles. The van der Waals surface area contributed by atoms with E-state index >= 15 is 0 Å². The van der Waals surface area contributed by atoms with Crippen molar-refractivity contribution in [3.63, 3.8) is 0 Å². The summed E-state index contributed by atoms with van der Waals surface area (Å²) in [6.07, 6.45) is -3.07. The lowest BCUT2D eigenvalue weighted by atomic mass is 10.1. The summed E-state index contributed by atoms with van der Waals surface area (Å²) >= 11 is 0. The van der Waals surface area contributed by atoms with E-state index in [9.17, 15) is 22.8 Å². The zero-order valence-electron chi connectivity index (χ0n) is 15.8. The Balaban J connectivity index is 1.79. The summed E-state index contributed by atoms with van der Waals surface area (Å²) in [5.41, 5.74) is 0.318. The van der Waals surface area contributed by atoms with Crippen LogP contribution in [0.5, 0.6) is 5.75 Å².